The van der Waals surface area contributed by atoms with Crippen LogP contribution in [-0.2, 0) is 21.7 Å². The summed E-state index contributed by atoms with van der Waals surface area (Å²) in [6, 6.07) is 70.3. The van der Waals surface area contributed by atoms with Crippen LogP contribution >= 0.6 is 0 Å². The Labute approximate surface area is 390 Å². The first-order valence-corrected chi connectivity index (χ1v) is 23.9. The number of hydrogen-bond donors (Lipinski definition) is 0. The van der Waals surface area contributed by atoms with E-state index >= 15 is 0 Å². The molecular weight excluding hydrogens is 793 g/mol. The Kier molecular flexibility index (Phi) is 7.93. The van der Waals surface area contributed by atoms with Crippen LogP contribution in [0.5, 0.6) is 0 Å². The van der Waals surface area contributed by atoms with Crippen molar-refractivity contribution in [3.05, 3.63) is 226 Å². The van der Waals surface area contributed by atoms with Gasteiger partial charge in [-0.2, -0.15) is 0 Å². The average molecular weight is 847 g/mol. The van der Waals surface area contributed by atoms with Crippen molar-refractivity contribution < 1.29 is 0 Å². The second kappa shape index (κ2) is 13.3. The van der Waals surface area contributed by atoms with Crippen LogP contribution in [0.25, 0.3) is 89.0 Å². The average Bonchev–Trinajstić information content (AvgIpc) is 3.90. The molecule has 0 heteroatoms. The van der Waals surface area contributed by atoms with Crippen molar-refractivity contribution in [3.8, 4) is 89.0 Å². The molecule has 0 aromatic heterocycles. The lowest BCUT2D eigenvalue weighted by molar-refractivity contribution is 0.660. The highest BCUT2D eigenvalue weighted by atomic mass is 14.4. The second-order valence-electron chi connectivity index (χ2n) is 21.6. The molecular formula is C66H54. The summed E-state index contributed by atoms with van der Waals surface area (Å²) in [5, 5.41) is 0. The van der Waals surface area contributed by atoms with Crippen LogP contribution in [0.3, 0.4) is 0 Å². The van der Waals surface area contributed by atoms with Gasteiger partial charge in [0.05, 0.1) is 0 Å². The monoisotopic (exact) mass is 846 g/mol. The predicted molar refractivity (Wildman–Crippen MR) is 278 cm³/mol. The summed E-state index contributed by atoms with van der Waals surface area (Å²) < 4.78 is 0. The summed E-state index contributed by atoms with van der Waals surface area (Å²) in [5.74, 6) is 0. The SMILES string of the molecule is CC1(C)c2ccccc2-c2ccc(-c3ccc(-c4ccc5c(c4)C(C)(C)c4ccccc4-5)c(-c4ccc5c(c4)C(C)(C)c4ccccc4-5)c3-c3ccc4c(c3)C(C)(C)c3ccccc3-4)cc21. The Morgan fingerprint density at radius 2 is 0.409 bits per heavy atom. The molecule has 0 fully saturated rings. The summed E-state index contributed by atoms with van der Waals surface area (Å²) in [6.45, 7) is 19.2. The first-order valence-electron chi connectivity index (χ1n) is 23.9. The van der Waals surface area contributed by atoms with Crippen molar-refractivity contribution in [2.24, 2.45) is 0 Å². The second-order valence-corrected chi connectivity index (χ2v) is 21.6. The van der Waals surface area contributed by atoms with Gasteiger partial charge in [0.15, 0.2) is 0 Å². The fourth-order valence-corrected chi connectivity index (χ4v) is 13.1. The summed E-state index contributed by atoms with van der Waals surface area (Å²) in [6.07, 6.45) is 0. The van der Waals surface area contributed by atoms with E-state index in [1.54, 1.807) is 0 Å². The summed E-state index contributed by atoms with van der Waals surface area (Å²) in [5.41, 5.74) is 31.5. The molecule has 0 atom stereocenters. The molecule has 9 aromatic carbocycles. The number of benzene rings is 9. The smallest absolute Gasteiger partial charge is 0.0159 e. The molecule has 0 saturated heterocycles. The van der Waals surface area contributed by atoms with Crippen molar-refractivity contribution in [2.75, 3.05) is 0 Å². The predicted octanol–water partition coefficient (Wildman–Crippen LogP) is 17.6. The minimum Gasteiger partial charge on any atom is -0.0619 e. The molecule has 0 bridgehead atoms. The van der Waals surface area contributed by atoms with Crippen molar-refractivity contribution in [3.63, 3.8) is 0 Å². The number of rotatable bonds is 4. The Bertz CT molecular complexity index is 3340. The largest absolute Gasteiger partial charge is 0.0619 e. The lowest BCUT2D eigenvalue weighted by Crippen LogP contribution is -2.15. The maximum absolute atomic E-state index is 2.55. The maximum Gasteiger partial charge on any atom is 0.0159 e. The third kappa shape index (κ3) is 5.16. The van der Waals surface area contributed by atoms with Gasteiger partial charge >= 0.3 is 0 Å². The van der Waals surface area contributed by atoms with Crippen LogP contribution in [0.1, 0.15) is 99.9 Å². The van der Waals surface area contributed by atoms with Gasteiger partial charge in [-0.25, -0.2) is 0 Å². The Morgan fingerprint density at radius 3 is 0.697 bits per heavy atom. The normalized spacial score (nSPS) is 16.4. The van der Waals surface area contributed by atoms with Gasteiger partial charge in [0.1, 0.15) is 0 Å². The quantitative estimate of drug-likeness (QED) is 0.166. The van der Waals surface area contributed by atoms with Crippen molar-refractivity contribution >= 4 is 0 Å². The van der Waals surface area contributed by atoms with E-state index in [-0.39, 0.29) is 21.7 Å². The Hall–Kier alpha value is -7.02. The first-order chi connectivity index (χ1) is 31.8. The molecule has 0 heterocycles. The lowest BCUT2D eigenvalue weighted by Gasteiger charge is -2.27. The van der Waals surface area contributed by atoms with E-state index in [9.17, 15) is 0 Å². The molecule has 66 heavy (non-hydrogen) atoms. The molecule has 0 amide bonds. The topological polar surface area (TPSA) is 0 Å². The van der Waals surface area contributed by atoms with Gasteiger partial charge in [-0.3, -0.25) is 0 Å². The molecule has 0 N–H and O–H groups in total. The van der Waals surface area contributed by atoms with E-state index in [0.717, 1.165) is 0 Å². The highest BCUT2D eigenvalue weighted by Crippen LogP contribution is 2.57. The molecule has 318 valence electrons. The van der Waals surface area contributed by atoms with Gasteiger partial charge < -0.3 is 0 Å². The fourth-order valence-electron chi connectivity index (χ4n) is 13.1. The van der Waals surface area contributed by atoms with Gasteiger partial charge in [-0.15, -0.1) is 0 Å². The van der Waals surface area contributed by atoms with E-state index in [1.807, 2.05) is 0 Å². The zero-order chi connectivity index (χ0) is 45.1. The zero-order valence-electron chi connectivity index (χ0n) is 39.3. The van der Waals surface area contributed by atoms with Gasteiger partial charge in [0.2, 0.25) is 0 Å². The molecule has 4 aliphatic carbocycles. The minimum atomic E-state index is -0.146. The molecule has 0 spiro atoms. The van der Waals surface area contributed by atoms with Crippen LogP contribution in [0.4, 0.5) is 0 Å². The molecule has 4 aliphatic rings. The Balaban J connectivity index is 1.12. The molecule has 0 nitrogen and oxygen atoms in total. The van der Waals surface area contributed by atoms with E-state index < -0.39 is 0 Å². The molecule has 0 unspecified atom stereocenters. The zero-order valence-corrected chi connectivity index (χ0v) is 39.3. The minimum absolute atomic E-state index is 0.121. The van der Waals surface area contributed by atoms with Crippen LogP contribution in [0.2, 0.25) is 0 Å². The summed E-state index contributed by atoms with van der Waals surface area (Å²) >= 11 is 0. The van der Waals surface area contributed by atoms with Crippen LogP contribution < -0.4 is 0 Å². The van der Waals surface area contributed by atoms with Gasteiger partial charge in [-0.05, 0) is 158 Å². The Morgan fingerprint density at radius 1 is 0.197 bits per heavy atom. The van der Waals surface area contributed by atoms with E-state index in [0.29, 0.717) is 0 Å². The summed E-state index contributed by atoms with van der Waals surface area (Å²) in [4.78, 5) is 0. The van der Waals surface area contributed by atoms with Gasteiger partial charge in [-0.1, -0.05) is 213 Å². The number of fused-ring (bicyclic) bond motifs is 12. The van der Waals surface area contributed by atoms with Gasteiger partial charge in [0, 0.05) is 21.7 Å². The third-order valence-corrected chi connectivity index (χ3v) is 16.7. The highest BCUT2D eigenvalue weighted by molar-refractivity contribution is 6.04. The highest BCUT2D eigenvalue weighted by Gasteiger charge is 2.40. The first kappa shape index (κ1) is 39.4. The lowest BCUT2D eigenvalue weighted by atomic mass is 9.76. The standard InChI is InChI=1S/C66H54/c1-63(2)53-21-13-9-17-45(53)49-29-25-39(35-57(49)63)43-33-34-44(40-26-30-50-46-18-10-14-22-54(46)64(3,4)58(50)36-40)62(42-28-32-52-48-20-12-16-24-56(48)66(7,8)60(52)38-42)61(43)41-27-31-51-47-19-11-15-23-55(47)65(5,6)59(51)37-41/h9-38H,1-8H3. The fraction of sp³-hybridized carbons (Fsp3) is 0.182. The van der Waals surface area contributed by atoms with Crippen molar-refractivity contribution in [1.82, 2.24) is 0 Å². The van der Waals surface area contributed by atoms with Crippen LogP contribution in [-0.4, -0.2) is 0 Å². The number of hydrogen-bond acceptors (Lipinski definition) is 0. The third-order valence-electron chi connectivity index (χ3n) is 16.7. The van der Waals surface area contributed by atoms with Crippen LogP contribution in [0, 0.1) is 0 Å². The van der Waals surface area contributed by atoms with E-state index in [4.69, 9.17) is 0 Å². The molecule has 0 saturated carbocycles. The van der Waals surface area contributed by atoms with E-state index in [2.05, 4.69) is 237 Å². The molecule has 0 aliphatic heterocycles. The van der Waals surface area contributed by atoms with E-state index in [1.165, 1.54) is 134 Å². The van der Waals surface area contributed by atoms with Crippen molar-refractivity contribution in [1.29, 1.82) is 0 Å². The molecule has 0 radical (unpaired) electrons. The summed E-state index contributed by atoms with van der Waals surface area (Å²) in [7, 11) is 0. The van der Waals surface area contributed by atoms with Crippen molar-refractivity contribution in [2.45, 2.75) is 77.0 Å². The molecule has 9 aromatic rings. The maximum atomic E-state index is 2.55. The molecule has 13 rings (SSSR count). The van der Waals surface area contributed by atoms with Crippen LogP contribution in [0.15, 0.2) is 182 Å². The van der Waals surface area contributed by atoms with Gasteiger partial charge in [0.25, 0.3) is 0 Å².